The molecule has 18 heavy (non-hydrogen) atoms. The normalized spacial score (nSPS) is 11.1. The van der Waals surface area contributed by atoms with Crippen LogP contribution < -0.4 is 4.74 Å². The van der Waals surface area contributed by atoms with Gasteiger partial charge in [0, 0.05) is 12.0 Å². The number of aliphatic carboxylic acids is 1. The zero-order valence-electron chi connectivity index (χ0n) is 10.1. The number of carbonyl (C=O) groups excluding carboxylic acids is 1. The molecule has 1 aromatic carbocycles. The van der Waals surface area contributed by atoms with Crippen LogP contribution in [0.4, 0.5) is 0 Å². The number of carbonyl (C=O) groups is 2. The number of carboxylic acids is 1. The van der Waals surface area contributed by atoms with E-state index in [2.05, 4.69) is 0 Å². The molecule has 2 N–H and O–H groups in total. The number of benzene rings is 1. The van der Waals surface area contributed by atoms with Gasteiger partial charge in [-0.1, -0.05) is 6.07 Å². The molecule has 0 unspecified atom stereocenters. The Morgan fingerprint density at radius 1 is 1.39 bits per heavy atom. The fourth-order valence-corrected chi connectivity index (χ4v) is 1.44. The van der Waals surface area contributed by atoms with Crippen LogP contribution in [0.5, 0.6) is 11.5 Å². The van der Waals surface area contributed by atoms with Gasteiger partial charge in [0.1, 0.15) is 5.78 Å². The molecule has 0 aliphatic rings. The third-order valence-electron chi connectivity index (χ3n) is 2.26. The molecular formula is C13H14O5. The summed E-state index contributed by atoms with van der Waals surface area (Å²) in [4.78, 5) is 21.9. The van der Waals surface area contributed by atoms with Gasteiger partial charge in [0.05, 0.1) is 7.11 Å². The van der Waals surface area contributed by atoms with Crippen molar-refractivity contribution < 1.29 is 24.5 Å². The molecule has 5 nitrogen and oxygen atoms in total. The zero-order chi connectivity index (χ0) is 13.7. The third kappa shape index (κ3) is 3.62. The van der Waals surface area contributed by atoms with E-state index in [0.29, 0.717) is 5.56 Å². The fourth-order valence-electron chi connectivity index (χ4n) is 1.44. The summed E-state index contributed by atoms with van der Waals surface area (Å²) >= 11 is 0. The zero-order valence-corrected chi connectivity index (χ0v) is 10.1. The van der Waals surface area contributed by atoms with Gasteiger partial charge in [-0.25, -0.2) is 4.79 Å². The van der Waals surface area contributed by atoms with Crippen LogP contribution in [0.15, 0.2) is 23.8 Å². The number of hydrogen-bond acceptors (Lipinski definition) is 4. The molecule has 0 saturated heterocycles. The lowest BCUT2D eigenvalue weighted by Crippen LogP contribution is -2.04. The van der Waals surface area contributed by atoms with Crippen molar-refractivity contribution in [3.05, 3.63) is 29.3 Å². The van der Waals surface area contributed by atoms with Crippen molar-refractivity contribution in [3.63, 3.8) is 0 Å². The summed E-state index contributed by atoms with van der Waals surface area (Å²) in [6.07, 6.45) is 1.24. The van der Waals surface area contributed by atoms with Gasteiger partial charge in [0.25, 0.3) is 0 Å². The van der Waals surface area contributed by atoms with E-state index in [4.69, 9.17) is 9.84 Å². The second-order valence-corrected chi connectivity index (χ2v) is 3.78. The van der Waals surface area contributed by atoms with Gasteiger partial charge in [-0.15, -0.1) is 0 Å². The van der Waals surface area contributed by atoms with Gasteiger partial charge in [0.2, 0.25) is 0 Å². The average Bonchev–Trinajstić information content (AvgIpc) is 2.29. The van der Waals surface area contributed by atoms with E-state index in [1.54, 1.807) is 6.07 Å². The van der Waals surface area contributed by atoms with Gasteiger partial charge < -0.3 is 14.9 Å². The molecule has 5 heteroatoms. The summed E-state index contributed by atoms with van der Waals surface area (Å²) < 4.78 is 4.92. The highest BCUT2D eigenvalue weighted by Crippen LogP contribution is 2.27. The topological polar surface area (TPSA) is 83.8 Å². The SMILES string of the molecule is COc1cc(C=C(CC(C)=O)C(=O)O)ccc1O. The van der Waals surface area contributed by atoms with E-state index >= 15 is 0 Å². The number of methoxy groups -OCH3 is 1. The predicted molar refractivity (Wildman–Crippen MR) is 65.6 cm³/mol. The van der Waals surface area contributed by atoms with E-state index in [0.717, 1.165) is 0 Å². The average molecular weight is 250 g/mol. The van der Waals surface area contributed by atoms with Crippen molar-refractivity contribution in [3.8, 4) is 11.5 Å². The highest BCUT2D eigenvalue weighted by atomic mass is 16.5. The number of phenolic OH excluding ortho intramolecular Hbond substituents is 1. The second-order valence-electron chi connectivity index (χ2n) is 3.78. The molecular weight excluding hydrogens is 236 g/mol. The Balaban J connectivity index is 3.11. The first-order valence-corrected chi connectivity index (χ1v) is 5.24. The van der Waals surface area contributed by atoms with Crippen molar-refractivity contribution in [1.29, 1.82) is 0 Å². The van der Waals surface area contributed by atoms with Crippen molar-refractivity contribution in [2.24, 2.45) is 0 Å². The van der Waals surface area contributed by atoms with E-state index in [-0.39, 0.29) is 29.3 Å². The van der Waals surface area contributed by atoms with Crippen LogP contribution in [-0.4, -0.2) is 29.1 Å². The van der Waals surface area contributed by atoms with E-state index in [1.165, 1.54) is 32.2 Å². The number of carboxylic acid groups (broad SMARTS) is 1. The molecule has 0 aliphatic carbocycles. The number of hydrogen-bond donors (Lipinski definition) is 2. The molecule has 0 fully saturated rings. The van der Waals surface area contributed by atoms with Gasteiger partial charge in [-0.3, -0.25) is 4.79 Å². The Hall–Kier alpha value is -2.30. The predicted octanol–water partition coefficient (Wildman–Crippen LogP) is 1.85. The Morgan fingerprint density at radius 2 is 2.06 bits per heavy atom. The minimum Gasteiger partial charge on any atom is -0.504 e. The van der Waals surface area contributed by atoms with E-state index in [1.807, 2.05) is 0 Å². The number of Topliss-reactive ketones (excluding diaryl/α,β-unsaturated/α-hetero) is 1. The molecule has 1 rings (SSSR count). The van der Waals surface area contributed by atoms with Crippen molar-refractivity contribution >= 4 is 17.8 Å². The van der Waals surface area contributed by atoms with Crippen LogP contribution >= 0.6 is 0 Å². The lowest BCUT2D eigenvalue weighted by molar-refractivity contribution is -0.133. The molecule has 96 valence electrons. The standard InChI is InChI=1S/C13H14O5/c1-8(14)5-10(13(16)17)6-9-3-4-11(15)12(7-9)18-2/h3-4,6-7,15H,5H2,1-2H3,(H,16,17). The molecule has 0 aliphatic heterocycles. The molecule has 1 aromatic rings. The maximum absolute atomic E-state index is 11.0. The van der Waals surface area contributed by atoms with Gasteiger partial charge in [-0.05, 0) is 30.7 Å². The first kappa shape index (κ1) is 13.8. The second kappa shape index (κ2) is 5.86. The lowest BCUT2D eigenvalue weighted by atomic mass is 10.1. The summed E-state index contributed by atoms with van der Waals surface area (Å²) in [5.74, 6) is -1.15. The van der Waals surface area contributed by atoms with E-state index in [9.17, 15) is 14.7 Å². The van der Waals surface area contributed by atoms with Gasteiger partial charge in [-0.2, -0.15) is 0 Å². The highest BCUT2D eigenvalue weighted by molar-refractivity contribution is 5.98. The Kier molecular flexibility index (Phi) is 4.48. The fraction of sp³-hybridized carbons (Fsp3) is 0.231. The summed E-state index contributed by atoms with van der Waals surface area (Å²) in [6.45, 7) is 1.33. The maximum Gasteiger partial charge on any atom is 0.332 e. The summed E-state index contributed by atoms with van der Waals surface area (Å²) in [6, 6.07) is 4.44. The maximum atomic E-state index is 11.0. The van der Waals surface area contributed by atoms with Crippen molar-refractivity contribution in [1.82, 2.24) is 0 Å². The Morgan fingerprint density at radius 3 is 2.56 bits per heavy atom. The van der Waals surface area contributed by atoms with E-state index < -0.39 is 5.97 Å². The minimum atomic E-state index is -1.14. The summed E-state index contributed by atoms with van der Waals surface area (Å²) in [5.41, 5.74) is 0.540. The van der Waals surface area contributed by atoms with Crippen molar-refractivity contribution in [2.75, 3.05) is 7.11 Å². The monoisotopic (exact) mass is 250 g/mol. The molecule has 0 radical (unpaired) electrons. The number of ether oxygens (including phenoxy) is 1. The highest BCUT2D eigenvalue weighted by Gasteiger charge is 2.10. The van der Waals surface area contributed by atoms with Crippen LogP contribution in [-0.2, 0) is 9.59 Å². The van der Waals surface area contributed by atoms with Crippen LogP contribution in [0.25, 0.3) is 6.08 Å². The number of rotatable bonds is 5. The molecule has 0 spiro atoms. The van der Waals surface area contributed by atoms with Crippen LogP contribution in [0.3, 0.4) is 0 Å². The molecule has 0 aromatic heterocycles. The first-order valence-electron chi connectivity index (χ1n) is 5.24. The first-order chi connectivity index (χ1) is 8.43. The van der Waals surface area contributed by atoms with Gasteiger partial charge >= 0.3 is 5.97 Å². The largest absolute Gasteiger partial charge is 0.504 e. The Bertz CT molecular complexity index is 502. The number of phenols is 1. The number of ketones is 1. The van der Waals surface area contributed by atoms with Crippen molar-refractivity contribution in [2.45, 2.75) is 13.3 Å². The quantitative estimate of drug-likeness (QED) is 0.779. The minimum absolute atomic E-state index is 0.00440. The van der Waals surface area contributed by atoms with Crippen LogP contribution in [0.1, 0.15) is 18.9 Å². The number of aromatic hydroxyl groups is 1. The third-order valence-corrected chi connectivity index (χ3v) is 2.26. The van der Waals surface area contributed by atoms with Crippen LogP contribution in [0, 0.1) is 0 Å². The molecule has 0 bridgehead atoms. The summed E-state index contributed by atoms with van der Waals surface area (Å²) in [5, 5.41) is 18.4. The van der Waals surface area contributed by atoms with Gasteiger partial charge in [0.15, 0.2) is 11.5 Å². The molecule has 0 heterocycles. The molecule has 0 amide bonds. The summed E-state index contributed by atoms with van der Waals surface area (Å²) in [7, 11) is 1.40. The smallest absolute Gasteiger partial charge is 0.332 e. The molecule has 0 saturated carbocycles. The lowest BCUT2D eigenvalue weighted by Gasteiger charge is -2.05. The Labute approximate surface area is 104 Å². The molecule has 0 atom stereocenters. The van der Waals surface area contributed by atoms with Crippen LogP contribution in [0.2, 0.25) is 0 Å².